The van der Waals surface area contributed by atoms with E-state index in [4.69, 9.17) is 9.47 Å². The van der Waals surface area contributed by atoms with Gasteiger partial charge < -0.3 is 9.47 Å². The Morgan fingerprint density at radius 2 is 0.625 bits per heavy atom. The molecule has 4 heteroatoms. The Balaban J connectivity index is 3.86. The highest BCUT2D eigenvalue weighted by atomic mass is 16.7. The SMILES string of the molecule is CCCCCCCCCCCCCCC(=O)OC(CCCCC)OC(=O)CCCCCCCCCCCCCC. The van der Waals surface area contributed by atoms with Gasteiger partial charge in [-0.1, -0.05) is 175 Å². The summed E-state index contributed by atoms with van der Waals surface area (Å²) >= 11 is 0. The first kappa shape index (κ1) is 38.9. The van der Waals surface area contributed by atoms with Crippen molar-refractivity contribution in [2.75, 3.05) is 0 Å². The van der Waals surface area contributed by atoms with E-state index in [1.807, 2.05) is 0 Å². The summed E-state index contributed by atoms with van der Waals surface area (Å²) in [6, 6.07) is 0. The predicted octanol–water partition coefficient (Wildman–Crippen LogP) is 12.2. The molecule has 0 heterocycles. The predicted molar refractivity (Wildman–Crippen MR) is 172 cm³/mol. The largest absolute Gasteiger partial charge is 0.425 e. The Kier molecular flexibility index (Phi) is 31.6. The lowest BCUT2D eigenvalue weighted by atomic mass is 10.0. The number of carbonyl (C=O) groups is 2. The van der Waals surface area contributed by atoms with E-state index in [0.29, 0.717) is 19.3 Å². The van der Waals surface area contributed by atoms with E-state index in [1.54, 1.807) is 0 Å². The molecule has 0 N–H and O–H groups in total. The fourth-order valence-corrected chi connectivity index (χ4v) is 5.33. The third-order valence-corrected chi connectivity index (χ3v) is 8.04. The average Bonchev–Trinajstić information content (AvgIpc) is 2.94. The van der Waals surface area contributed by atoms with Crippen molar-refractivity contribution in [2.24, 2.45) is 0 Å². The Hall–Kier alpha value is -1.06. The highest BCUT2D eigenvalue weighted by Crippen LogP contribution is 2.16. The number of unbranched alkanes of at least 4 members (excludes halogenated alkanes) is 24. The molecule has 0 saturated carbocycles. The van der Waals surface area contributed by atoms with Crippen molar-refractivity contribution in [2.45, 2.75) is 220 Å². The maximum absolute atomic E-state index is 12.4. The van der Waals surface area contributed by atoms with E-state index >= 15 is 0 Å². The van der Waals surface area contributed by atoms with Crippen LogP contribution in [0.3, 0.4) is 0 Å². The number of hydrogen-bond donors (Lipinski definition) is 0. The van der Waals surface area contributed by atoms with Gasteiger partial charge in [-0.25, -0.2) is 0 Å². The van der Waals surface area contributed by atoms with Crippen LogP contribution < -0.4 is 0 Å². The summed E-state index contributed by atoms with van der Waals surface area (Å²) in [4.78, 5) is 24.8. The van der Waals surface area contributed by atoms with E-state index in [9.17, 15) is 9.59 Å². The monoisotopic (exact) mass is 567 g/mol. The number of esters is 2. The summed E-state index contributed by atoms with van der Waals surface area (Å²) in [5, 5.41) is 0. The minimum atomic E-state index is -0.707. The molecule has 0 aliphatic rings. The quantitative estimate of drug-likeness (QED) is 0.0461. The molecule has 40 heavy (non-hydrogen) atoms. The molecule has 0 unspecified atom stereocenters. The van der Waals surface area contributed by atoms with Crippen LogP contribution in [0.25, 0.3) is 0 Å². The molecule has 0 radical (unpaired) electrons. The van der Waals surface area contributed by atoms with Gasteiger partial charge in [0.05, 0.1) is 0 Å². The second-order valence-electron chi connectivity index (χ2n) is 12.2. The number of carbonyl (C=O) groups excluding carboxylic acids is 2. The molecule has 0 aromatic rings. The van der Waals surface area contributed by atoms with Crippen molar-refractivity contribution in [1.82, 2.24) is 0 Å². The topological polar surface area (TPSA) is 52.6 Å². The molecular formula is C36H70O4. The molecule has 4 nitrogen and oxygen atoms in total. The van der Waals surface area contributed by atoms with Gasteiger partial charge in [0.2, 0.25) is 6.29 Å². The molecule has 238 valence electrons. The van der Waals surface area contributed by atoms with E-state index < -0.39 is 6.29 Å². The lowest BCUT2D eigenvalue weighted by Gasteiger charge is -2.18. The van der Waals surface area contributed by atoms with E-state index in [0.717, 1.165) is 44.9 Å². The molecule has 0 aliphatic heterocycles. The summed E-state index contributed by atoms with van der Waals surface area (Å²) in [7, 11) is 0. The van der Waals surface area contributed by atoms with Gasteiger partial charge in [0.15, 0.2) is 0 Å². The Labute approximate surface area is 250 Å². The van der Waals surface area contributed by atoms with E-state index in [-0.39, 0.29) is 11.9 Å². The van der Waals surface area contributed by atoms with Gasteiger partial charge in [-0.2, -0.15) is 0 Å². The van der Waals surface area contributed by atoms with Crippen LogP contribution in [0.4, 0.5) is 0 Å². The minimum Gasteiger partial charge on any atom is -0.425 e. The van der Waals surface area contributed by atoms with Crippen molar-refractivity contribution in [1.29, 1.82) is 0 Å². The minimum absolute atomic E-state index is 0.216. The fourth-order valence-electron chi connectivity index (χ4n) is 5.33. The number of hydrogen-bond acceptors (Lipinski definition) is 4. The molecule has 0 rings (SSSR count). The van der Waals surface area contributed by atoms with Crippen LogP contribution in [-0.2, 0) is 19.1 Å². The van der Waals surface area contributed by atoms with Gasteiger partial charge in [-0.3, -0.25) is 9.59 Å². The van der Waals surface area contributed by atoms with Gasteiger partial charge in [0, 0.05) is 19.3 Å². The molecule has 0 aliphatic carbocycles. The summed E-state index contributed by atoms with van der Waals surface area (Å²) in [6.45, 7) is 6.68. The molecule has 0 amide bonds. The summed E-state index contributed by atoms with van der Waals surface area (Å²) in [5.41, 5.74) is 0. The standard InChI is InChI=1S/C36H70O4/c1-4-7-10-12-14-16-18-20-22-24-26-29-31-34(37)39-36(33-28-9-6-3)40-35(38)32-30-27-25-23-21-19-17-15-13-11-8-5-2/h36H,4-33H2,1-3H3. The zero-order chi connectivity index (χ0) is 29.4. The van der Waals surface area contributed by atoms with Crippen molar-refractivity contribution >= 4 is 11.9 Å². The first-order chi connectivity index (χ1) is 19.6. The lowest BCUT2D eigenvalue weighted by Crippen LogP contribution is -2.24. The van der Waals surface area contributed by atoms with Gasteiger partial charge in [0.25, 0.3) is 0 Å². The summed E-state index contributed by atoms with van der Waals surface area (Å²) < 4.78 is 11.2. The molecule has 0 atom stereocenters. The van der Waals surface area contributed by atoms with Gasteiger partial charge >= 0.3 is 11.9 Å². The third-order valence-electron chi connectivity index (χ3n) is 8.04. The van der Waals surface area contributed by atoms with Gasteiger partial charge in [0.1, 0.15) is 0 Å². The molecule has 0 saturated heterocycles. The molecule has 0 aromatic carbocycles. The molecule has 0 spiro atoms. The van der Waals surface area contributed by atoms with Crippen LogP contribution in [0.5, 0.6) is 0 Å². The first-order valence-electron chi connectivity index (χ1n) is 18.0. The zero-order valence-electron chi connectivity index (χ0n) is 27.4. The van der Waals surface area contributed by atoms with Gasteiger partial charge in [-0.05, 0) is 19.3 Å². The number of ether oxygens (including phenoxy) is 2. The van der Waals surface area contributed by atoms with Crippen LogP contribution in [0, 0.1) is 0 Å². The van der Waals surface area contributed by atoms with E-state index in [2.05, 4.69) is 20.8 Å². The third kappa shape index (κ3) is 29.9. The van der Waals surface area contributed by atoms with Crippen molar-refractivity contribution in [3.8, 4) is 0 Å². The second kappa shape index (κ2) is 32.5. The van der Waals surface area contributed by atoms with E-state index in [1.165, 1.54) is 128 Å². The maximum atomic E-state index is 12.4. The Bertz CT molecular complexity index is 491. The zero-order valence-corrected chi connectivity index (χ0v) is 27.4. The molecule has 0 aromatic heterocycles. The van der Waals surface area contributed by atoms with Crippen molar-refractivity contribution in [3.05, 3.63) is 0 Å². The van der Waals surface area contributed by atoms with Crippen LogP contribution >= 0.6 is 0 Å². The normalized spacial score (nSPS) is 11.3. The summed E-state index contributed by atoms with van der Waals surface area (Å²) in [6.07, 6.45) is 34.4. The van der Waals surface area contributed by atoms with Crippen LogP contribution in [0.1, 0.15) is 213 Å². The molecular weight excluding hydrogens is 496 g/mol. The fraction of sp³-hybridized carbons (Fsp3) is 0.944. The average molecular weight is 567 g/mol. The Morgan fingerprint density at radius 3 is 0.925 bits per heavy atom. The maximum Gasteiger partial charge on any atom is 0.308 e. The highest BCUT2D eigenvalue weighted by Gasteiger charge is 2.18. The highest BCUT2D eigenvalue weighted by molar-refractivity contribution is 5.71. The lowest BCUT2D eigenvalue weighted by molar-refractivity contribution is -0.189. The second-order valence-corrected chi connectivity index (χ2v) is 12.2. The van der Waals surface area contributed by atoms with Crippen molar-refractivity contribution in [3.63, 3.8) is 0 Å². The molecule has 0 fully saturated rings. The van der Waals surface area contributed by atoms with Gasteiger partial charge in [-0.15, -0.1) is 0 Å². The van der Waals surface area contributed by atoms with Crippen molar-refractivity contribution < 1.29 is 19.1 Å². The number of rotatable bonds is 32. The van der Waals surface area contributed by atoms with Crippen LogP contribution in [-0.4, -0.2) is 18.2 Å². The van der Waals surface area contributed by atoms with Crippen LogP contribution in [0.2, 0.25) is 0 Å². The Morgan fingerprint density at radius 1 is 0.375 bits per heavy atom. The van der Waals surface area contributed by atoms with Crippen LogP contribution in [0.15, 0.2) is 0 Å². The first-order valence-corrected chi connectivity index (χ1v) is 18.0. The smallest absolute Gasteiger partial charge is 0.308 e. The molecule has 0 bridgehead atoms. The summed E-state index contributed by atoms with van der Waals surface area (Å²) in [5.74, 6) is -0.432.